The molecule has 0 saturated carbocycles. The van der Waals surface area contributed by atoms with E-state index in [0.29, 0.717) is 41.8 Å². The number of benzene rings is 2. The van der Waals surface area contributed by atoms with Gasteiger partial charge in [-0.05, 0) is 61.9 Å². The zero-order chi connectivity index (χ0) is 27.8. The first-order valence-corrected chi connectivity index (χ1v) is 13.5. The Hall–Kier alpha value is -3.60. The summed E-state index contributed by atoms with van der Waals surface area (Å²) in [4.78, 5) is 23.2. The van der Waals surface area contributed by atoms with Crippen LogP contribution < -0.4 is 4.74 Å². The lowest BCUT2D eigenvalue weighted by Crippen LogP contribution is -2.32. The third-order valence-corrected chi connectivity index (χ3v) is 7.70. The van der Waals surface area contributed by atoms with Crippen molar-refractivity contribution in [3.05, 3.63) is 88.0 Å². The zero-order valence-corrected chi connectivity index (χ0v) is 22.3. The maximum Gasteiger partial charge on any atom is 0.335 e. The quantitative estimate of drug-likeness (QED) is 0.288. The summed E-state index contributed by atoms with van der Waals surface area (Å²) >= 11 is 5.81. The topological polar surface area (TPSA) is 89.7 Å². The minimum absolute atomic E-state index is 0.00507. The van der Waals surface area contributed by atoms with Crippen molar-refractivity contribution in [1.29, 1.82) is 0 Å². The summed E-state index contributed by atoms with van der Waals surface area (Å²) in [5.74, 6) is -1.39. The average Bonchev–Trinajstić information content (AvgIpc) is 3.51. The van der Waals surface area contributed by atoms with Gasteiger partial charge in [-0.15, -0.1) is 0 Å². The molecule has 2 aliphatic heterocycles. The molecule has 11 heteroatoms. The van der Waals surface area contributed by atoms with Gasteiger partial charge in [-0.3, -0.25) is 9.88 Å². The number of likely N-dealkylation sites (tertiary alicyclic amines) is 1. The van der Waals surface area contributed by atoms with Gasteiger partial charge in [0.25, 0.3) is 0 Å². The van der Waals surface area contributed by atoms with Gasteiger partial charge in [-0.1, -0.05) is 17.7 Å². The van der Waals surface area contributed by atoms with E-state index in [0.717, 1.165) is 37.7 Å². The summed E-state index contributed by atoms with van der Waals surface area (Å²) in [5.41, 5.74) is 2.14. The van der Waals surface area contributed by atoms with Gasteiger partial charge < -0.3 is 19.1 Å². The number of pyridine rings is 1. The average molecular weight is 569 g/mol. The molecule has 40 heavy (non-hydrogen) atoms. The molecule has 2 aliphatic rings. The Bertz CT molecular complexity index is 1580. The van der Waals surface area contributed by atoms with Crippen molar-refractivity contribution < 1.29 is 28.2 Å². The van der Waals surface area contributed by atoms with Crippen LogP contribution in [0, 0.1) is 11.6 Å². The Labute approximate surface area is 234 Å². The molecule has 2 saturated heterocycles. The van der Waals surface area contributed by atoms with E-state index >= 15 is 0 Å². The first-order chi connectivity index (χ1) is 19.3. The minimum atomic E-state index is -1.18. The highest BCUT2D eigenvalue weighted by Crippen LogP contribution is 2.30. The molecule has 0 spiro atoms. The fraction of sp³-hybridized carbons (Fsp3) is 0.345. The smallest absolute Gasteiger partial charge is 0.335 e. The van der Waals surface area contributed by atoms with Crippen LogP contribution in [0.4, 0.5) is 8.78 Å². The molecular formula is C29H27ClF2N4O4. The number of halogens is 3. The Kier molecular flexibility index (Phi) is 7.39. The van der Waals surface area contributed by atoms with Gasteiger partial charge in [0.1, 0.15) is 17.9 Å². The molecule has 2 atom stereocenters. The minimum Gasteiger partial charge on any atom is -0.484 e. The molecule has 2 fully saturated rings. The first kappa shape index (κ1) is 26.6. The van der Waals surface area contributed by atoms with Crippen LogP contribution in [0.25, 0.3) is 11.0 Å². The summed E-state index contributed by atoms with van der Waals surface area (Å²) in [6, 6.07) is 12.5. The molecule has 0 radical (unpaired) electrons. The predicted octanol–water partition coefficient (Wildman–Crippen LogP) is 5.42. The molecule has 8 nitrogen and oxygen atoms in total. The number of aromatic nitrogens is 3. The van der Waals surface area contributed by atoms with Crippen LogP contribution in [0.5, 0.6) is 5.75 Å². The van der Waals surface area contributed by atoms with E-state index < -0.39 is 17.6 Å². The molecule has 2 aromatic heterocycles. The standard InChI is InChI=1S/C29H27ClF2N4O4/c30-19-4-5-26(22(31)12-19)40-16-20-2-1-3-24(33-20)17-6-8-35(13-17)15-27-34-28-23(32)10-18(29(37)38)11-25(28)36(27)14-21-7-9-39-21/h1-5,10-12,17,21H,6-9,13-16H2,(H,37,38)/t17-,21-/m0/s1. The number of aromatic carboxylic acids is 1. The van der Waals surface area contributed by atoms with Crippen molar-refractivity contribution in [2.24, 2.45) is 0 Å². The zero-order valence-electron chi connectivity index (χ0n) is 21.5. The summed E-state index contributed by atoms with van der Waals surface area (Å²) in [7, 11) is 0. The number of imidazole rings is 1. The summed E-state index contributed by atoms with van der Waals surface area (Å²) in [6.45, 7) is 3.31. The van der Waals surface area contributed by atoms with Crippen molar-refractivity contribution in [1.82, 2.24) is 19.4 Å². The molecule has 6 rings (SSSR count). The third kappa shape index (κ3) is 5.52. The highest BCUT2D eigenvalue weighted by atomic mass is 35.5. The largest absolute Gasteiger partial charge is 0.484 e. The number of carboxylic acid groups (broad SMARTS) is 1. The number of carbonyl (C=O) groups is 1. The number of fused-ring (bicyclic) bond motifs is 1. The number of rotatable bonds is 9. The van der Waals surface area contributed by atoms with Gasteiger partial charge in [-0.2, -0.15) is 0 Å². The van der Waals surface area contributed by atoms with E-state index in [2.05, 4.69) is 9.88 Å². The molecule has 0 aliphatic carbocycles. The van der Waals surface area contributed by atoms with E-state index in [-0.39, 0.29) is 35.5 Å². The van der Waals surface area contributed by atoms with Crippen LogP contribution in [-0.4, -0.2) is 56.3 Å². The Balaban J connectivity index is 1.17. The lowest BCUT2D eigenvalue weighted by Gasteiger charge is -2.28. The SMILES string of the molecule is O=C(O)c1cc(F)c2nc(CN3CC[C@H](c4cccc(COc5ccc(Cl)cc5F)n4)C3)n(C[C@@H]3CCO3)c2c1. The van der Waals surface area contributed by atoms with Gasteiger partial charge in [0.05, 0.1) is 36.0 Å². The second kappa shape index (κ2) is 11.1. The van der Waals surface area contributed by atoms with E-state index in [1.54, 1.807) is 6.07 Å². The Morgan fingerprint density at radius 1 is 1.12 bits per heavy atom. The lowest BCUT2D eigenvalue weighted by atomic mass is 10.0. The second-order valence-corrected chi connectivity index (χ2v) is 10.6. The number of ether oxygens (including phenoxy) is 2. The number of carboxylic acids is 1. The van der Waals surface area contributed by atoms with Gasteiger partial charge in [-0.25, -0.2) is 18.6 Å². The van der Waals surface area contributed by atoms with Gasteiger partial charge in [0.2, 0.25) is 0 Å². The molecule has 2 aromatic carbocycles. The molecule has 0 bridgehead atoms. The normalized spacial score (nSPS) is 19.2. The molecule has 0 amide bonds. The molecule has 0 unspecified atom stereocenters. The van der Waals surface area contributed by atoms with Crippen LogP contribution in [0.2, 0.25) is 5.02 Å². The molecule has 4 aromatic rings. The first-order valence-electron chi connectivity index (χ1n) is 13.1. The highest BCUT2D eigenvalue weighted by Gasteiger charge is 2.29. The summed E-state index contributed by atoms with van der Waals surface area (Å²) in [6.07, 6.45) is 1.77. The third-order valence-electron chi connectivity index (χ3n) is 7.47. The van der Waals surface area contributed by atoms with Gasteiger partial charge >= 0.3 is 5.97 Å². The Morgan fingerprint density at radius 3 is 2.73 bits per heavy atom. The highest BCUT2D eigenvalue weighted by molar-refractivity contribution is 6.30. The summed E-state index contributed by atoms with van der Waals surface area (Å²) < 4.78 is 42.1. The molecule has 208 valence electrons. The van der Waals surface area contributed by atoms with Gasteiger partial charge in [0.15, 0.2) is 17.4 Å². The van der Waals surface area contributed by atoms with Crippen molar-refractivity contribution in [3.63, 3.8) is 0 Å². The van der Waals surface area contributed by atoms with Crippen molar-refractivity contribution in [2.75, 3.05) is 19.7 Å². The fourth-order valence-electron chi connectivity index (χ4n) is 5.28. The maximum atomic E-state index is 14.9. The fourth-order valence-corrected chi connectivity index (χ4v) is 5.44. The van der Waals surface area contributed by atoms with Crippen molar-refractivity contribution in [2.45, 2.75) is 44.6 Å². The van der Waals surface area contributed by atoms with Crippen LogP contribution in [-0.2, 0) is 24.4 Å². The summed E-state index contributed by atoms with van der Waals surface area (Å²) in [5, 5.41) is 9.75. The number of hydrogen-bond donors (Lipinski definition) is 1. The monoisotopic (exact) mass is 568 g/mol. The van der Waals surface area contributed by atoms with Crippen LogP contribution in [0.15, 0.2) is 48.5 Å². The van der Waals surface area contributed by atoms with E-state index in [4.69, 9.17) is 26.1 Å². The van der Waals surface area contributed by atoms with E-state index in [1.165, 1.54) is 18.2 Å². The van der Waals surface area contributed by atoms with Crippen LogP contribution in [0.3, 0.4) is 0 Å². The van der Waals surface area contributed by atoms with E-state index in [9.17, 15) is 18.7 Å². The van der Waals surface area contributed by atoms with Crippen molar-refractivity contribution in [3.8, 4) is 5.75 Å². The molecule has 4 heterocycles. The van der Waals surface area contributed by atoms with Crippen molar-refractivity contribution >= 4 is 28.6 Å². The maximum absolute atomic E-state index is 14.9. The van der Waals surface area contributed by atoms with Crippen LogP contribution >= 0.6 is 11.6 Å². The van der Waals surface area contributed by atoms with E-state index in [1.807, 2.05) is 22.8 Å². The molecular weight excluding hydrogens is 542 g/mol. The Morgan fingerprint density at radius 2 is 1.98 bits per heavy atom. The second-order valence-electron chi connectivity index (χ2n) is 10.2. The van der Waals surface area contributed by atoms with Gasteiger partial charge in [0, 0.05) is 29.8 Å². The predicted molar refractivity (Wildman–Crippen MR) is 144 cm³/mol. The number of hydrogen-bond acceptors (Lipinski definition) is 6. The van der Waals surface area contributed by atoms with Crippen LogP contribution in [0.1, 0.15) is 46.3 Å². The number of nitrogens with zero attached hydrogens (tertiary/aromatic N) is 4. The lowest BCUT2D eigenvalue weighted by molar-refractivity contribution is -0.0591. The molecule has 1 N–H and O–H groups in total.